The summed E-state index contributed by atoms with van der Waals surface area (Å²) < 4.78 is 10.9. The third kappa shape index (κ3) is 3.22. The van der Waals surface area contributed by atoms with E-state index in [2.05, 4.69) is 4.98 Å². The summed E-state index contributed by atoms with van der Waals surface area (Å²) in [5.41, 5.74) is 1.79. The number of rotatable bonds is 6. The lowest BCUT2D eigenvalue weighted by Gasteiger charge is -2.08. The molecule has 0 radical (unpaired) electrons. The highest BCUT2D eigenvalue weighted by Crippen LogP contribution is 2.32. The first-order chi connectivity index (χ1) is 9.76. The second-order valence-electron chi connectivity index (χ2n) is 5.28. The van der Waals surface area contributed by atoms with E-state index in [0.717, 1.165) is 41.2 Å². The lowest BCUT2D eigenvalue weighted by molar-refractivity contribution is 0.115. The zero-order valence-corrected chi connectivity index (χ0v) is 12.3. The number of fused-ring (bicyclic) bond motifs is 1. The summed E-state index contributed by atoms with van der Waals surface area (Å²) in [5.74, 6) is 1.68. The zero-order valence-electron chi connectivity index (χ0n) is 11.6. The minimum Gasteiger partial charge on any atom is -0.497 e. The van der Waals surface area contributed by atoms with Crippen LogP contribution < -0.4 is 4.74 Å². The summed E-state index contributed by atoms with van der Waals surface area (Å²) in [7, 11) is 1.64. The minimum absolute atomic E-state index is 0.511. The van der Waals surface area contributed by atoms with Crippen molar-refractivity contribution in [3.63, 3.8) is 0 Å². The standard InChI is InChI=1S/C16H18ClNO2/c1-19-14-5-4-12-8-13(16(17)18-15(12)9-14)10-20-7-6-11-2-3-11/h4-5,8-9,11H,2-3,6-7,10H2,1H3. The van der Waals surface area contributed by atoms with Crippen LogP contribution in [0.5, 0.6) is 5.75 Å². The van der Waals surface area contributed by atoms with Crippen LogP contribution in [0.1, 0.15) is 24.8 Å². The van der Waals surface area contributed by atoms with E-state index in [0.29, 0.717) is 11.8 Å². The van der Waals surface area contributed by atoms with Crippen molar-refractivity contribution < 1.29 is 9.47 Å². The smallest absolute Gasteiger partial charge is 0.135 e. The molecule has 0 N–H and O–H groups in total. The number of halogens is 1. The van der Waals surface area contributed by atoms with Crippen molar-refractivity contribution in [1.82, 2.24) is 4.98 Å². The van der Waals surface area contributed by atoms with Gasteiger partial charge in [0, 0.05) is 23.6 Å². The van der Waals surface area contributed by atoms with Crippen LogP contribution in [0, 0.1) is 5.92 Å². The van der Waals surface area contributed by atoms with Crippen molar-refractivity contribution in [2.75, 3.05) is 13.7 Å². The largest absolute Gasteiger partial charge is 0.497 e. The number of benzene rings is 1. The van der Waals surface area contributed by atoms with Gasteiger partial charge in [-0.05, 0) is 30.5 Å². The zero-order chi connectivity index (χ0) is 13.9. The Labute approximate surface area is 123 Å². The molecule has 0 unspecified atom stereocenters. The number of aromatic nitrogens is 1. The number of hydrogen-bond donors (Lipinski definition) is 0. The van der Waals surface area contributed by atoms with Gasteiger partial charge in [-0.3, -0.25) is 0 Å². The highest BCUT2D eigenvalue weighted by molar-refractivity contribution is 6.30. The number of ether oxygens (including phenoxy) is 2. The normalized spacial score (nSPS) is 14.7. The quantitative estimate of drug-likeness (QED) is 0.590. The van der Waals surface area contributed by atoms with Crippen LogP contribution in [0.4, 0.5) is 0 Å². The van der Waals surface area contributed by atoms with Crippen LogP contribution in [0.2, 0.25) is 5.15 Å². The Morgan fingerprint density at radius 3 is 2.90 bits per heavy atom. The monoisotopic (exact) mass is 291 g/mol. The highest BCUT2D eigenvalue weighted by atomic mass is 35.5. The summed E-state index contributed by atoms with van der Waals surface area (Å²) in [6, 6.07) is 7.85. The minimum atomic E-state index is 0.511. The van der Waals surface area contributed by atoms with E-state index >= 15 is 0 Å². The fourth-order valence-corrected chi connectivity index (χ4v) is 2.43. The molecule has 0 spiro atoms. The predicted octanol–water partition coefficient (Wildman–Crippen LogP) is 4.21. The van der Waals surface area contributed by atoms with Crippen LogP contribution in [-0.2, 0) is 11.3 Å². The molecule has 2 aromatic rings. The molecule has 3 nitrogen and oxygen atoms in total. The van der Waals surface area contributed by atoms with E-state index < -0.39 is 0 Å². The Hall–Kier alpha value is -1.32. The fraction of sp³-hybridized carbons (Fsp3) is 0.438. The van der Waals surface area contributed by atoms with Crippen molar-refractivity contribution in [3.8, 4) is 5.75 Å². The van der Waals surface area contributed by atoms with Gasteiger partial charge in [-0.2, -0.15) is 0 Å². The molecule has 1 aromatic carbocycles. The average Bonchev–Trinajstić information content (AvgIpc) is 3.27. The summed E-state index contributed by atoms with van der Waals surface area (Å²) in [4.78, 5) is 4.42. The van der Waals surface area contributed by atoms with Gasteiger partial charge in [0.15, 0.2) is 0 Å². The Bertz CT molecular complexity index is 611. The van der Waals surface area contributed by atoms with E-state index in [1.54, 1.807) is 7.11 Å². The molecule has 1 heterocycles. The number of pyridine rings is 1. The van der Waals surface area contributed by atoms with Crippen molar-refractivity contribution in [2.45, 2.75) is 25.9 Å². The number of methoxy groups -OCH3 is 1. The lowest BCUT2D eigenvalue weighted by atomic mass is 10.1. The van der Waals surface area contributed by atoms with Gasteiger partial charge in [0.1, 0.15) is 10.9 Å². The van der Waals surface area contributed by atoms with E-state index in [9.17, 15) is 0 Å². The molecule has 1 aliphatic carbocycles. The molecule has 1 aliphatic rings. The van der Waals surface area contributed by atoms with Gasteiger partial charge in [0.25, 0.3) is 0 Å². The first-order valence-electron chi connectivity index (χ1n) is 6.97. The SMILES string of the molecule is COc1ccc2cc(COCCC3CC3)c(Cl)nc2c1. The van der Waals surface area contributed by atoms with Crippen molar-refractivity contribution >= 4 is 22.5 Å². The van der Waals surface area contributed by atoms with E-state index in [1.807, 2.05) is 24.3 Å². The van der Waals surface area contributed by atoms with Crippen molar-refractivity contribution in [3.05, 3.63) is 35.0 Å². The summed E-state index contributed by atoms with van der Waals surface area (Å²) in [5, 5.41) is 1.56. The molecule has 1 aromatic heterocycles. The molecule has 0 aliphatic heterocycles. The molecule has 0 bridgehead atoms. The van der Waals surface area contributed by atoms with Crippen molar-refractivity contribution in [1.29, 1.82) is 0 Å². The highest BCUT2D eigenvalue weighted by Gasteiger charge is 2.20. The Balaban J connectivity index is 1.71. The van der Waals surface area contributed by atoms with Crippen LogP contribution in [0.15, 0.2) is 24.3 Å². The topological polar surface area (TPSA) is 31.4 Å². The summed E-state index contributed by atoms with van der Waals surface area (Å²) >= 11 is 6.22. The van der Waals surface area contributed by atoms with Gasteiger partial charge >= 0.3 is 0 Å². The van der Waals surface area contributed by atoms with Gasteiger partial charge in [-0.25, -0.2) is 4.98 Å². The number of nitrogens with zero attached hydrogens (tertiary/aromatic N) is 1. The summed E-state index contributed by atoms with van der Waals surface area (Å²) in [6.45, 7) is 1.34. The molecule has 3 rings (SSSR count). The molecule has 4 heteroatoms. The molecule has 0 saturated heterocycles. The van der Waals surface area contributed by atoms with E-state index in [1.165, 1.54) is 12.8 Å². The molecule has 0 atom stereocenters. The molecule has 1 fully saturated rings. The van der Waals surface area contributed by atoms with Gasteiger partial charge in [0.05, 0.1) is 19.2 Å². The Kier molecular flexibility index (Phi) is 4.08. The van der Waals surface area contributed by atoms with Crippen molar-refractivity contribution in [2.24, 2.45) is 5.92 Å². The molecular weight excluding hydrogens is 274 g/mol. The lowest BCUT2D eigenvalue weighted by Crippen LogP contribution is -1.98. The van der Waals surface area contributed by atoms with Crippen LogP contribution in [0.3, 0.4) is 0 Å². The average molecular weight is 292 g/mol. The van der Waals surface area contributed by atoms with E-state index in [-0.39, 0.29) is 0 Å². The number of hydrogen-bond acceptors (Lipinski definition) is 3. The van der Waals surface area contributed by atoms with Gasteiger partial charge in [-0.15, -0.1) is 0 Å². The van der Waals surface area contributed by atoms with Crippen LogP contribution in [-0.4, -0.2) is 18.7 Å². The molecule has 106 valence electrons. The summed E-state index contributed by atoms with van der Waals surface area (Å²) in [6.07, 6.45) is 3.89. The van der Waals surface area contributed by atoms with Gasteiger partial charge in [0.2, 0.25) is 0 Å². The third-order valence-electron chi connectivity index (χ3n) is 3.68. The second kappa shape index (κ2) is 5.98. The predicted molar refractivity (Wildman–Crippen MR) is 80.3 cm³/mol. The third-order valence-corrected chi connectivity index (χ3v) is 4.00. The van der Waals surface area contributed by atoms with Gasteiger partial charge < -0.3 is 9.47 Å². The Morgan fingerprint density at radius 2 is 2.15 bits per heavy atom. The molecule has 0 amide bonds. The Morgan fingerprint density at radius 1 is 1.30 bits per heavy atom. The maximum absolute atomic E-state index is 6.22. The second-order valence-corrected chi connectivity index (χ2v) is 5.64. The van der Waals surface area contributed by atoms with E-state index in [4.69, 9.17) is 21.1 Å². The molecular formula is C16H18ClNO2. The first kappa shape index (κ1) is 13.7. The fourth-order valence-electron chi connectivity index (χ4n) is 2.23. The van der Waals surface area contributed by atoms with Gasteiger partial charge in [-0.1, -0.05) is 24.4 Å². The maximum atomic E-state index is 6.22. The maximum Gasteiger partial charge on any atom is 0.135 e. The van der Waals surface area contributed by atoms with Crippen LogP contribution in [0.25, 0.3) is 10.9 Å². The van der Waals surface area contributed by atoms with Crippen LogP contribution >= 0.6 is 11.6 Å². The molecule has 1 saturated carbocycles. The first-order valence-corrected chi connectivity index (χ1v) is 7.35. The molecule has 20 heavy (non-hydrogen) atoms.